The molecule has 6 fully saturated rings. The van der Waals surface area contributed by atoms with Crippen molar-refractivity contribution in [2.75, 3.05) is 34.0 Å². The number of hydrogen-bond acceptors (Lipinski definition) is 15. The van der Waals surface area contributed by atoms with E-state index >= 15 is 0 Å². The minimum atomic E-state index is -1.45. The van der Waals surface area contributed by atoms with E-state index in [1.165, 1.54) is 14.2 Å². The van der Waals surface area contributed by atoms with Gasteiger partial charge in [0.1, 0.15) is 36.6 Å². The highest BCUT2D eigenvalue weighted by atomic mass is 16.8. The molecule has 2 saturated heterocycles. The van der Waals surface area contributed by atoms with Crippen molar-refractivity contribution in [3.05, 3.63) is 0 Å². The van der Waals surface area contributed by atoms with E-state index in [0.29, 0.717) is 32.1 Å². The van der Waals surface area contributed by atoms with Gasteiger partial charge in [0.2, 0.25) is 0 Å². The molecule has 22 atom stereocenters. The molecule has 4 saturated carbocycles. The standard InChI is InChI=1S/C41H72O15/c1-19(2)21(12-15-53-37-35(30(46)24(44)17-54-37)56-38-34(52-7)31(47)25(51-6)18-55-38)9-8-20(3)27-32(48)33(49)36-40(27,5)14-11-26-39(4)13-10-22(42)29(45)28(39)23(43)16-41(26,36)50/h19-38,42-50H,8-18H2,1-7H3. The van der Waals surface area contributed by atoms with Crippen LogP contribution in [0.4, 0.5) is 0 Å². The topological polar surface area (TPSA) is 237 Å². The van der Waals surface area contributed by atoms with Crippen LogP contribution in [0.2, 0.25) is 0 Å². The molecular weight excluding hydrogens is 732 g/mol. The van der Waals surface area contributed by atoms with Crippen molar-refractivity contribution in [2.45, 2.75) is 171 Å². The molecule has 4 aliphatic carbocycles. The fourth-order valence-corrected chi connectivity index (χ4v) is 13.0. The summed E-state index contributed by atoms with van der Waals surface area (Å²) in [6.45, 7) is 10.6. The van der Waals surface area contributed by atoms with Gasteiger partial charge in [-0.25, -0.2) is 0 Å². The number of fused-ring (bicyclic) bond motifs is 5. The van der Waals surface area contributed by atoms with Gasteiger partial charge in [-0.3, -0.25) is 0 Å². The summed E-state index contributed by atoms with van der Waals surface area (Å²) in [7, 11) is 2.86. The third-order valence-corrected chi connectivity index (χ3v) is 15.9. The maximum Gasteiger partial charge on any atom is 0.187 e. The minimum absolute atomic E-state index is 0.00570. The summed E-state index contributed by atoms with van der Waals surface area (Å²) in [4.78, 5) is 0. The monoisotopic (exact) mass is 804 g/mol. The molecule has 15 nitrogen and oxygen atoms in total. The molecule has 9 N–H and O–H groups in total. The molecule has 2 aliphatic heterocycles. The zero-order valence-electron chi connectivity index (χ0n) is 34.3. The second-order valence-electron chi connectivity index (χ2n) is 19.2. The van der Waals surface area contributed by atoms with Crippen molar-refractivity contribution in [3.8, 4) is 0 Å². The number of aliphatic hydroxyl groups is 9. The molecule has 22 unspecified atom stereocenters. The predicted molar refractivity (Wildman–Crippen MR) is 200 cm³/mol. The molecule has 0 amide bonds. The van der Waals surface area contributed by atoms with Crippen molar-refractivity contribution in [1.29, 1.82) is 0 Å². The van der Waals surface area contributed by atoms with Gasteiger partial charge in [-0.2, -0.15) is 0 Å². The van der Waals surface area contributed by atoms with Crippen molar-refractivity contribution < 1.29 is 74.4 Å². The molecule has 0 bridgehead atoms. The number of ether oxygens (including phenoxy) is 6. The van der Waals surface area contributed by atoms with Crippen LogP contribution >= 0.6 is 0 Å². The van der Waals surface area contributed by atoms with Crippen LogP contribution in [0.1, 0.15) is 86.0 Å². The Morgan fingerprint density at radius 2 is 1.36 bits per heavy atom. The Labute approximate surface area is 331 Å². The van der Waals surface area contributed by atoms with Crippen molar-refractivity contribution in [1.82, 2.24) is 0 Å². The highest BCUT2D eigenvalue weighted by molar-refractivity contribution is 5.22. The first-order valence-electron chi connectivity index (χ1n) is 21.1. The summed E-state index contributed by atoms with van der Waals surface area (Å²) in [5.74, 6) is -1.36. The summed E-state index contributed by atoms with van der Waals surface area (Å²) in [6, 6.07) is 0. The molecule has 0 radical (unpaired) electrons. The second kappa shape index (κ2) is 17.4. The third-order valence-electron chi connectivity index (χ3n) is 15.9. The lowest BCUT2D eigenvalue weighted by atomic mass is 9.41. The Hall–Kier alpha value is -0.600. The van der Waals surface area contributed by atoms with Crippen molar-refractivity contribution in [2.24, 2.45) is 52.3 Å². The second-order valence-corrected chi connectivity index (χ2v) is 19.2. The van der Waals surface area contributed by atoms with E-state index in [9.17, 15) is 46.0 Å². The Morgan fingerprint density at radius 3 is 2.02 bits per heavy atom. The molecular formula is C41H72O15. The zero-order chi connectivity index (χ0) is 41.1. The first-order chi connectivity index (χ1) is 26.3. The number of rotatable bonds is 13. The molecule has 6 aliphatic rings. The van der Waals surface area contributed by atoms with Gasteiger partial charge in [0.05, 0.1) is 55.9 Å². The molecule has 0 aromatic carbocycles. The number of aliphatic hydroxyl groups excluding tert-OH is 8. The summed E-state index contributed by atoms with van der Waals surface area (Å²) in [6.07, 6.45) is -9.26. The summed E-state index contributed by atoms with van der Waals surface area (Å²) < 4.78 is 34.5. The summed E-state index contributed by atoms with van der Waals surface area (Å²) in [5.41, 5.74) is -2.68. The minimum Gasteiger partial charge on any atom is -0.393 e. The lowest BCUT2D eigenvalue weighted by Crippen LogP contribution is -2.71. The van der Waals surface area contributed by atoms with Crippen LogP contribution in [0, 0.1) is 52.3 Å². The largest absolute Gasteiger partial charge is 0.393 e. The van der Waals surface area contributed by atoms with Gasteiger partial charge in [-0.1, -0.05) is 41.0 Å². The van der Waals surface area contributed by atoms with Crippen LogP contribution in [0.3, 0.4) is 0 Å². The Bertz CT molecular complexity index is 1290. The normalized spacial score (nSPS) is 51.9. The van der Waals surface area contributed by atoms with Gasteiger partial charge in [-0.15, -0.1) is 0 Å². The molecule has 0 aromatic rings. The van der Waals surface area contributed by atoms with E-state index in [0.717, 1.165) is 12.8 Å². The first kappa shape index (κ1) is 44.9. The maximum absolute atomic E-state index is 12.7. The van der Waals surface area contributed by atoms with Crippen LogP contribution in [0.15, 0.2) is 0 Å². The molecule has 6 rings (SSSR count). The summed E-state index contributed by atoms with van der Waals surface area (Å²) >= 11 is 0. The van der Waals surface area contributed by atoms with E-state index < -0.39 is 108 Å². The Morgan fingerprint density at radius 1 is 0.679 bits per heavy atom. The lowest BCUT2D eigenvalue weighted by molar-refractivity contribution is -0.346. The lowest BCUT2D eigenvalue weighted by Gasteiger charge is -2.66. The smallest absolute Gasteiger partial charge is 0.187 e. The number of methoxy groups -OCH3 is 2. The molecule has 0 aromatic heterocycles. The quantitative estimate of drug-likeness (QED) is 0.122. The van der Waals surface area contributed by atoms with Gasteiger partial charge >= 0.3 is 0 Å². The highest BCUT2D eigenvalue weighted by Crippen LogP contribution is 2.70. The van der Waals surface area contributed by atoms with E-state index in [1.807, 2.05) is 6.92 Å². The van der Waals surface area contributed by atoms with Gasteiger partial charge in [0.15, 0.2) is 12.6 Å². The average molecular weight is 805 g/mol. The predicted octanol–water partition coefficient (Wildman–Crippen LogP) is 0.310. The Kier molecular flexibility index (Phi) is 14.0. The van der Waals surface area contributed by atoms with Crippen LogP contribution in [-0.4, -0.2) is 165 Å². The van der Waals surface area contributed by atoms with Gasteiger partial charge in [0, 0.05) is 32.5 Å². The fraction of sp³-hybridized carbons (Fsp3) is 1.00. The molecule has 0 spiro atoms. The van der Waals surface area contributed by atoms with Crippen LogP contribution in [0.5, 0.6) is 0 Å². The SMILES string of the molecule is COC1COC(OC2C(OCCC(CCC(C)C3C(O)C(O)C4C3(C)CCC3C5(C)CCC(O)C(O)C5C(O)CC34O)C(C)C)OCC(O)C2O)C(OC)C1O. The third kappa shape index (κ3) is 7.77. The average Bonchev–Trinajstić information content (AvgIpc) is 3.35. The van der Waals surface area contributed by atoms with Crippen molar-refractivity contribution in [3.63, 3.8) is 0 Å². The summed E-state index contributed by atoms with van der Waals surface area (Å²) in [5, 5.41) is 101. The molecule has 326 valence electrons. The van der Waals surface area contributed by atoms with Crippen LogP contribution < -0.4 is 0 Å². The van der Waals surface area contributed by atoms with E-state index in [4.69, 9.17) is 28.4 Å². The first-order valence-corrected chi connectivity index (χ1v) is 21.1. The van der Waals surface area contributed by atoms with Gasteiger partial charge in [-0.05, 0) is 78.9 Å². The highest BCUT2D eigenvalue weighted by Gasteiger charge is 2.73. The maximum atomic E-state index is 12.7. The van der Waals surface area contributed by atoms with E-state index in [2.05, 4.69) is 27.7 Å². The van der Waals surface area contributed by atoms with Crippen LogP contribution in [-0.2, 0) is 28.4 Å². The van der Waals surface area contributed by atoms with Gasteiger partial charge in [0.25, 0.3) is 0 Å². The Balaban J connectivity index is 1.09. The van der Waals surface area contributed by atoms with E-state index in [-0.39, 0.29) is 55.8 Å². The van der Waals surface area contributed by atoms with Crippen molar-refractivity contribution >= 4 is 0 Å². The van der Waals surface area contributed by atoms with E-state index in [1.54, 1.807) is 0 Å². The van der Waals surface area contributed by atoms with Gasteiger partial charge < -0.3 is 74.4 Å². The zero-order valence-corrected chi connectivity index (χ0v) is 34.3. The number of hydrogen-bond donors (Lipinski definition) is 9. The molecule has 2 heterocycles. The van der Waals surface area contributed by atoms with Crippen LogP contribution in [0.25, 0.3) is 0 Å². The fourth-order valence-electron chi connectivity index (χ4n) is 13.0. The molecule has 15 heteroatoms. The molecule has 56 heavy (non-hydrogen) atoms.